The first-order valence-electron chi connectivity index (χ1n) is 10.9. The van der Waals surface area contributed by atoms with Gasteiger partial charge in [0.1, 0.15) is 0 Å². The van der Waals surface area contributed by atoms with Gasteiger partial charge in [0.25, 0.3) is 0 Å². The topological polar surface area (TPSA) is 104 Å². The van der Waals surface area contributed by atoms with Gasteiger partial charge in [-0.3, -0.25) is 4.98 Å². The fourth-order valence-electron chi connectivity index (χ4n) is 3.52. The van der Waals surface area contributed by atoms with Crippen LogP contribution in [0.1, 0.15) is 35.8 Å². The lowest BCUT2D eigenvalue weighted by molar-refractivity contribution is 0.0600. The number of nitrogens with zero attached hydrogens (tertiary/aromatic N) is 3. The first-order chi connectivity index (χ1) is 16.2. The van der Waals surface area contributed by atoms with Gasteiger partial charge >= 0.3 is 5.97 Å². The van der Waals surface area contributed by atoms with E-state index < -0.39 is 5.97 Å². The fourth-order valence-corrected chi connectivity index (χ4v) is 4.03. The standard InChI is InChI=1S/C24H29BrClN5O3/c1-14(12-28-22-10-18(25)19(26)11-20(22)27)6-5-7-34-23-17(13-29-31(23)3)21-9-16(24(32)33-4)8-15(2)30-21/h8-11,13-14,28H,5-7,12,27H2,1-4H3/t14-/m1/s1. The number of nitrogens with two attached hydrogens (primary N) is 1. The van der Waals surface area contributed by atoms with E-state index in [-0.39, 0.29) is 0 Å². The Kier molecular flexibility index (Phi) is 8.79. The van der Waals surface area contributed by atoms with Crippen LogP contribution >= 0.6 is 27.5 Å². The number of aromatic nitrogens is 3. The second-order valence-corrected chi connectivity index (χ2v) is 9.45. The molecule has 0 spiro atoms. The molecule has 2 aromatic heterocycles. The number of hydrogen-bond acceptors (Lipinski definition) is 7. The molecule has 3 aromatic rings. The number of carbonyl (C=O) groups excluding carboxylic acids is 1. The van der Waals surface area contributed by atoms with Gasteiger partial charge in [0, 0.05) is 23.8 Å². The summed E-state index contributed by atoms with van der Waals surface area (Å²) in [7, 11) is 3.17. The molecule has 2 heterocycles. The summed E-state index contributed by atoms with van der Waals surface area (Å²) in [5, 5.41) is 8.29. The zero-order valence-electron chi connectivity index (χ0n) is 19.7. The third-order valence-corrected chi connectivity index (χ3v) is 6.55. The molecule has 0 aliphatic heterocycles. The summed E-state index contributed by atoms with van der Waals surface area (Å²) in [6, 6.07) is 7.01. The average Bonchev–Trinajstić information content (AvgIpc) is 3.17. The molecule has 1 atom stereocenters. The lowest BCUT2D eigenvalue weighted by atomic mass is 10.1. The Labute approximate surface area is 212 Å². The SMILES string of the molecule is COC(=O)c1cc(C)nc(-c2cnn(C)c2OCCC[C@@H](C)CNc2cc(Br)c(Cl)cc2N)c1. The largest absolute Gasteiger partial charge is 0.477 e. The van der Waals surface area contributed by atoms with Crippen LogP contribution < -0.4 is 15.8 Å². The van der Waals surface area contributed by atoms with Crippen molar-refractivity contribution in [2.75, 3.05) is 31.3 Å². The van der Waals surface area contributed by atoms with E-state index in [1.807, 2.05) is 20.0 Å². The smallest absolute Gasteiger partial charge is 0.337 e. The number of benzene rings is 1. The second-order valence-electron chi connectivity index (χ2n) is 8.19. The molecule has 8 nitrogen and oxygen atoms in total. The number of ether oxygens (including phenoxy) is 2. The minimum absolute atomic E-state index is 0.407. The van der Waals surface area contributed by atoms with E-state index in [9.17, 15) is 4.79 Å². The van der Waals surface area contributed by atoms with Gasteiger partial charge in [-0.05, 0) is 65.9 Å². The molecule has 1 aromatic carbocycles. The Morgan fingerprint density at radius 2 is 2.09 bits per heavy atom. The quantitative estimate of drug-likeness (QED) is 0.196. The van der Waals surface area contributed by atoms with Crippen LogP contribution in [0.15, 0.2) is 34.9 Å². The van der Waals surface area contributed by atoms with E-state index in [1.165, 1.54) is 7.11 Å². The van der Waals surface area contributed by atoms with Crippen LogP contribution in [-0.4, -0.2) is 41.0 Å². The van der Waals surface area contributed by atoms with Crippen molar-refractivity contribution in [2.24, 2.45) is 13.0 Å². The van der Waals surface area contributed by atoms with E-state index in [2.05, 4.69) is 38.3 Å². The zero-order valence-corrected chi connectivity index (χ0v) is 22.0. The number of methoxy groups -OCH3 is 1. The van der Waals surface area contributed by atoms with Gasteiger partial charge in [-0.2, -0.15) is 5.10 Å². The van der Waals surface area contributed by atoms with Crippen molar-refractivity contribution >= 4 is 44.9 Å². The van der Waals surface area contributed by atoms with Crippen LogP contribution in [0.4, 0.5) is 11.4 Å². The third-order valence-electron chi connectivity index (χ3n) is 5.35. The summed E-state index contributed by atoms with van der Waals surface area (Å²) in [4.78, 5) is 16.5. The van der Waals surface area contributed by atoms with Gasteiger partial charge in [-0.1, -0.05) is 18.5 Å². The Bertz CT molecular complexity index is 1170. The van der Waals surface area contributed by atoms with E-state index >= 15 is 0 Å². The normalized spacial score (nSPS) is 11.8. The Hall–Kier alpha value is -2.78. The number of anilines is 2. The minimum Gasteiger partial charge on any atom is -0.477 e. The van der Waals surface area contributed by atoms with Crippen molar-refractivity contribution in [2.45, 2.75) is 26.7 Å². The van der Waals surface area contributed by atoms with E-state index in [0.29, 0.717) is 46.1 Å². The Balaban J connectivity index is 1.56. The second kappa shape index (κ2) is 11.6. The minimum atomic E-state index is -0.409. The van der Waals surface area contributed by atoms with Crippen molar-refractivity contribution in [1.82, 2.24) is 14.8 Å². The summed E-state index contributed by atoms with van der Waals surface area (Å²) in [6.07, 6.45) is 3.52. The van der Waals surface area contributed by atoms with Crippen molar-refractivity contribution in [1.29, 1.82) is 0 Å². The number of aryl methyl sites for hydroxylation is 2. The maximum absolute atomic E-state index is 12.0. The first kappa shape index (κ1) is 25.8. The highest BCUT2D eigenvalue weighted by Crippen LogP contribution is 2.32. The van der Waals surface area contributed by atoms with E-state index in [0.717, 1.165) is 35.1 Å². The van der Waals surface area contributed by atoms with Crippen LogP contribution in [0.25, 0.3) is 11.3 Å². The van der Waals surface area contributed by atoms with Crippen molar-refractivity contribution in [3.63, 3.8) is 0 Å². The number of pyridine rings is 1. The van der Waals surface area contributed by atoms with Crippen LogP contribution in [0.2, 0.25) is 5.02 Å². The summed E-state index contributed by atoms with van der Waals surface area (Å²) >= 11 is 9.50. The molecule has 3 rings (SSSR count). The molecule has 0 amide bonds. The van der Waals surface area contributed by atoms with E-state index in [1.54, 1.807) is 29.1 Å². The molecule has 0 radical (unpaired) electrons. The molecule has 10 heteroatoms. The predicted molar refractivity (Wildman–Crippen MR) is 138 cm³/mol. The molecule has 0 aliphatic carbocycles. The molecule has 0 fully saturated rings. The summed E-state index contributed by atoms with van der Waals surface area (Å²) in [6.45, 7) is 5.31. The van der Waals surface area contributed by atoms with Gasteiger partial charge < -0.3 is 20.5 Å². The maximum atomic E-state index is 12.0. The maximum Gasteiger partial charge on any atom is 0.337 e. The lowest BCUT2D eigenvalue weighted by Gasteiger charge is -2.16. The van der Waals surface area contributed by atoms with Crippen molar-refractivity contribution < 1.29 is 14.3 Å². The number of nitrogens with one attached hydrogen (secondary N) is 1. The highest BCUT2D eigenvalue weighted by atomic mass is 79.9. The number of halogens is 2. The van der Waals surface area contributed by atoms with Crippen molar-refractivity contribution in [3.05, 3.63) is 51.2 Å². The van der Waals surface area contributed by atoms with Crippen LogP contribution in [0.5, 0.6) is 5.88 Å². The molecule has 0 aliphatic rings. The number of nitrogen functional groups attached to an aromatic ring is 1. The van der Waals surface area contributed by atoms with Crippen LogP contribution in [0.3, 0.4) is 0 Å². The third kappa shape index (κ3) is 6.42. The molecule has 3 N–H and O–H groups in total. The molecular weight excluding hydrogens is 522 g/mol. The van der Waals surface area contributed by atoms with Crippen LogP contribution in [-0.2, 0) is 11.8 Å². The zero-order chi connectivity index (χ0) is 24.8. The molecule has 182 valence electrons. The average molecular weight is 551 g/mol. The molecule has 0 bridgehead atoms. The highest BCUT2D eigenvalue weighted by Gasteiger charge is 2.17. The van der Waals surface area contributed by atoms with Crippen LogP contribution in [0, 0.1) is 12.8 Å². The number of esters is 1. The van der Waals surface area contributed by atoms with Gasteiger partial charge in [0.05, 0.1) is 53.1 Å². The molecule has 0 unspecified atom stereocenters. The fraction of sp³-hybridized carbons (Fsp3) is 0.375. The summed E-state index contributed by atoms with van der Waals surface area (Å²) < 4.78 is 13.4. The first-order valence-corrected chi connectivity index (χ1v) is 12.1. The Morgan fingerprint density at radius 1 is 1.32 bits per heavy atom. The highest BCUT2D eigenvalue weighted by molar-refractivity contribution is 9.10. The molecule has 0 saturated heterocycles. The van der Waals surface area contributed by atoms with Gasteiger partial charge in [0.15, 0.2) is 0 Å². The summed E-state index contributed by atoms with van der Waals surface area (Å²) in [5.74, 6) is 0.608. The van der Waals surface area contributed by atoms with E-state index in [4.69, 9.17) is 26.8 Å². The van der Waals surface area contributed by atoms with Gasteiger partial charge in [0.2, 0.25) is 5.88 Å². The lowest BCUT2D eigenvalue weighted by Crippen LogP contribution is -2.14. The summed E-state index contributed by atoms with van der Waals surface area (Å²) in [5.41, 5.74) is 10.0. The molecular formula is C24H29BrClN5O3. The van der Waals surface area contributed by atoms with Gasteiger partial charge in [-0.15, -0.1) is 0 Å². The monoisotopic (exact) mass is 549 g/mol. The molecule has 0 saturated carbocycles. The van der Waals surface area contributed by atoms with Crippen molar-refractivity contribution in [3.8, 4) is 17.1 Å². The predicted octanol–water partition coefficient (Wildman–Crippen LogP) is 5.48. The number of rotatable bonds is 10. The Morgan fingerprint density at radius 3 is 2.82 bits per heavy atom. The molecule has 34 heavy (non-hydrogen) atoms. The number of carbonyl (C=O) groups is 1. The number of hydrogen-bond donors (Lipinski definition) is 2. The van der Waals surface area contributed by atoms with Gasteiger partial charge in [-0.25, -0.2) is 9.48 Å².